The molecule has 2 aromatic carbocycles. The first-order valence-corrected chi connectivity index (χ1v) is 7.18. The second-order valence-electron chi connectivity index (χ2n) is 3.61. The average molecular weight is 391 g/mol. The van der Waals surface area contributed by atoms with Gasteiger partial charge in [-0.05, 0) is 40.2 Å². The van der Waals surface area contributed by atoms with Crippen LogP contribution in [0.15, 0.2) is 45.3 Å². The van der Waals surface area contributed by atoms with Gasteiger partial charge in [-0.3, -0.25) is 0 Å². The molecule has 0 saturated heterocycles. The number of halogens is 3. The monoisotopic (exact) mass is 389 g/mol. The minimum Gasteiger partial charge on any atom is -0.454 e. The van der Waals surface area contributed by atoms with Gasteiger partial charge >= 0.3 is 0 Å². The molecule has 0 aliphatic carbocycles. The fourth-order valence-electron chi connectivity index (χ4n) is 1.50. The van der Waals surface area contributed by atoms with E-state index in [0.29, 0.717) is 23.1 Å². The molecule has 0 bridgehead atoms. The Morgan fingerprint density at radius 1 is 1.17 bits per heavy atom. The molecular formula is C13H10Br2ClNO. The van der Waals surface area contributed by atoms with Crippen LogP contribution in [0.1, 0.15) is 5.56 Å². The smallest absolute Gasteiger partial charge is 0.150 e. The Hall–Kier alpha value is -0.550. The number of benzene rings is 2. The van der Waals surface area contributed by atoms with E-state index in [1.54, 1.807) is 6.07 Å². The third kappa shape index (κ3) is 3.06. The lowest BCUT2D eigenvalue weighted by Crippen LogP contribution is -2.00. The Bertz CT molecular complexity index is 575. The molecule has 0 amide bonds. The zero-order valence-corrected chi connectivity index (χ0v) is 13.2. The first-order chi connectivity index (χ1) is 8.61. The van der Waals surface area contributed by atoms with Gasteiger partial charge in [0.1, 0.15) is 5.75 Å². The Morgan fingerprint density at radius 3 is 2.61 bits per heavy atom. The van der Waals surface area contributed by atoms with Crippen LogP contribution in [0.3, 0.4) is 0 Å². The molecule has 2 nitrogen and oxygen atoms in total. The minimum atomic E-state index is 0.379. The highest BCUT2D eigenvalue weighted by atomic mass is 79.9. The van der Waals surface area contributed by atoms with E-state index in [2.05, 4.69) is 31.9 Å². The molecule has 0 unspecified atom stereocenters. The number of ether oxygens (including phenoxy) is 1. The Balaban J connectivity index is 2.39. The van der Waals surface area contributed by atoms with Crippen LogP contribution in [0, 0.1) is 0 Å². The summed E-state index contributed by atoms with van der Waals surface area (Å²) in [5.74, 6) is 1.30. The average Bonchev–Trinajstić information content (AvgIpc) is 2.34. The van der Waals surface area contributed by atoms with Crippen molar-refractivity contribution in [2.24, 2.45) is 5.73 Å². The van der Waals surface area contributed by atoms with E-state index in [-0.39, 0.29) is 0 Å². The lowest BCUT2D eigenvalue weighted by Gasteiger charge is -2.13. The van der Waals surface area contributed by atoms with Gasteiger partial charge in [0.15, 0.2) is 5.75 Å². The van der Waals surface area contributed by atoms with Crippen LogP contribution >= 0.6 is 43.5 Å². The summed E-state index contributed by atoms with van der Waals surface area (Å²) >= 11 is 13.0. The summed E-state index contributed by atoms with van der Waals surface area (Å²) < 4.78 is 7.66. The van der Waals surface area contributed by atoms with Gasteiger partial charge in [0.25, 0.3) is 0 Å². The lowest BCUT2D eigenvalue weighted by atomic mass is 10.2. The van der Waals surface area contributed by atoms with Crippen LogP contribution in [0.25, 0.3) is 0 Å². The van der Waals surface area contributed by atoms with E-state index < -0.39 is 0 Å². The highest BCUT2D eigenvalue weighted by Gasteiger charge is 2.10. The Labute approximate surface area is 127 Å². The topological polar surface area (TPSA) is 35.2 Å². The van der Waals surface area contributed by atoms with Gasteiger partial charge in [0, 0.05) is 16.6 Å². The molecule has 2 aromatic rings. The van der Waals surface area contributed by atoms with Crippen molar-refractivity contribution in [2.45, 2.75) is 6.54 Å². The van der Waals surface area contributed by atoms with E-state index in [9.17, 15) is 0 Å². The van der Waals surface area contributed by atoms with Gasteiger partial charge < -0.3 is 10.5 Å². The standard InChI is InChI=1S/C13H10Br2ClNO/c14-9-4-5-12(10(15)6-9)18-13-8(7-17)2-1-3-11(13)16/h1-6H,7,17H2. The van der Waals surface area contributed by atoms with Gasteiger partial charge in [-0.15, -0.1) is 0 Å². The summed E-state index contributed by atoms with van der Waals surface area (Å²) in [4.78, 5) is 0. The number of nitrogens with two attached hydrogens (primary N) is 1. The molecule has 18 heavy (non-hydrogen) atoms. The molecule has 0 fully saturated rings. The zero-order valence-electron chi connectivity index (χ0n) is 9.29. The Kier molecular flexibility index (Phi) is 4.67. The second-order valence-corrected chi connectivity index (χ2v) is 5.79. The molecule has 0 aromatic heterocycles. The van der Waals surface area contributed by atoms with E-state index in [1.165, 1.54) is 0 Å². The third-order valence-electron chi connectivity index (χ3n) is 2.37. The van der Waals surface area contributed by atoms with Crippen molar-refractivity contribution in [1.29, 1.82) is 0 Å². The minimum absolute atomic E-state index is 0.379. The van der Waals surface area contributed by atoms with Crippen LogP contribution in [-0.2, 0) is 6.54 Å². The quantitative estimate of drug-likeness (QED) is 0.789. The molecule has 94 valence electrons. The molecule has 0 aliphatic rings. The van der Waals surface area contributed by atoms with Crippen LogP contribution < -0.4 is 10.5 Å². The van der Waals surface area contributed by atoms with Gasteiger partial charge in [-0.25, -0.2) is 0 Å². The maximum atomic E-state index is 6.14. The molecule has 0 heterocycles. The summed E-state index contributed by atoms with van der Waals surface area (Å²) in [7, 11) is 0. The van der Waals surface area contributed by atoms with Crippen molar-refractivity contribution in [3.05, 3.63) is 55.9 Å². The summed E-state index contributed by atoms with van der Waals surface area (Å²) in [6.07, 6.45) is 0. The summed E-state index contributed by atoms with van der Waals surface area (Å²) in [5.41, 5.74) is 6.55. The van der Waals surface area contributed by atoms with Crippen LogP contribution in [0.4, 0.5) is 0 Å². The second kappa shape index (κ2) is 6.06. The SMILES string of the molecule is NCc1cccc(Cl)c1Oc1ccc(Br)cc1Br. The fraction of sp³-hybridized carbons (Fsp3) is 0.0769. The molecule has 0 radical (unpaired) electrons. The molecule has 0 aliphatic heterocycles. The largest absolute Gasteiger partial charge is 0.454 e. The van der Waals surface area contributed by atoms with Crippen LogP contribution in [0.5, 0.6) is 11.5 Å². The molecule has 0 atom stereocenters. The molecule has 0 saturated carbocycles. The number of para-hydroxylation sites is 1. The van der Waals surface area contributed by atoms with E-state index >= 15 is 0 Å². The van der Waals surface area contributed by atoms with Crippen LogP contribution in [-0.4, -0.2) is 0 Å². The highest BCUT2D eigenvalue weighted by molar-refractivity contribution is 9.11. The zero-order chi connectivity index (χ0) is 13.1. The van der Waals surface area contributed by atoms with Gasteiger partial charge in [0.2, 0.25) is 0 Å². The number of hydrogen-bond donors (Lipinski definition) is 1. The van der Waals surface area contributed by atoms with Gasteiger partial charge in [-0.2, -0.15) is 0 Å². The molecule has 0 spiro atoms. The molecular weight excluding hydrogens is 381 g/mol. The molecule has 5 heteroatoms. The van der Waals surface area contributed by atoms with Crippen molar-refractivity contribution in [3.8, 4) is 11.5 Å². The van der Waals surface area contributed by atoms with E-state index in [0.717, 1.165) is 14.5 Å². The van der Waals surface area contributed by atoms with Crippen molar-refractivity contribution in [3.63, 3.8) is 0 Å². The van der Waals surface area contributed by atoms with Gasteiger partial charge in [0.05, 0.1) is 9.50 Å². The van der Waals surface area contributed by atoms with Crippen molar-refractivity contribution in [1.82, 2.24) is 0 Å². The molecule has 2 N–H and O–H groups in total. The summed E-state index contributed by atoms with van der Waals surface area (Å²) in [6, 6.07) is 11.2. The molecule has 2 rings (SSSR count). The first-order valence-electron chi connectivity index (χ1n) is 5.22. The normalized spacial score (nSPS) is 10.4. The number of hydrogen-bond acceptors (Lipinski definition) is 2. The number of rotatable bonds is 3. The fourth-order valence-corrected chi connectivity index (χ4v) is 2.86. The lowest BCUT2D eigenvalue weighted by molar-refractivity contribution is 0.473. The van der Waals surface area contributed by atoms with Crippen molar-refractivity contribution in [2.75, 3.05) is 0 Å². The first kappa shape index (κ1) is 13.9. The highest BCUT2D eigenvalue weighted by Crippen LogP contribution is 2.37. The Morgan fingerprint density at radius 2 is 1.94 bits per heavy atom. The maximum absolute atomic E-state index is 6.14. The third-order valence-corrected chi connectivity index (χ3v) is 3.78. The summed E-state index contributed by atoms with van der Waals surface area (Å²) in [5, 5.41) is 0.549. The van der Waals surface area contributed by atoms with Gasteiger partial charge in [-0.1, -0.05) is 39.7 Å². The van der Waals surface area contributed by atoms with E-state index in [1.807, 2.05) is 30.3 Å². The summed E-state index contributed by atoms with van der Waals surface area (Å²) in [6.45, 7) is 0.379. The van der Waals surface area contributed by atoms with E-state index in [4.69, 9.17) is 22.1 Å². The van der Waals surface area contributed by atoms with Crippen LogP contribution in [0.2, 0.25) is 5.02 Å². The maximum Gasteiger partial charge on any atom is 0.150 e. The predicted molar refractivity (Wildman–Crippen MR) is 81.3 cm³/mol. The van der Waals surface area contributed by atoms with Crippen molar-refractivity contribution >= 4 is 43.5 Å². The predicted octanol–water partition coefficient (Wildman–Crippen LogP) is 5.12. The van der Waals surface area contributed by atoms with Crippen molar-refractivity contribution < 1.29 is 4.74 Å².